The molecule has 1 unspecified atom stereocenters. The first-order chi connectivity index (χ1) is 13.7. The van der Waals surface area contributed by atoms with Crippen molar-refractivity contribution in [2.75, 3.05) is 39.9 Å². The molecular weight excluding hydrogens is 352 g/mol. The molecule has 0 aliphatic carbocycles. The Bertz CT molecular complexity index is 811. The highest BCUT2D eigenvalue weighted by molar-refractivity contribution is 5.85. The molecule has 1 amide bonds. The number of benzene rings is 2. The molecule has 0 radical (unpaired) electrons. The van der Waals surface area contributed by atoms with Crippen LogP contribution in [0.2, 0.25) is 0 Å². The lowest BCUT2D eigenvalue weighted by atomic mass is 9.85. The second-order valence-electron chi connectivity index (χ2n) is 7.84. The minimum absolute atomic E-state index is 0.189. The zero-order valence-electron chi connectivity index (χ0n) is 16.5. The van der Waals surface area contributed by atoms with Gasteiger partial charge in [0.05, 0.1) is 12.0 Å². The summed E-state index contributed by atoms with van der Waals surface area (Å²) >= 11 is 0. The van der Waals surface area contributed by atoms with E-state index in [9.17, 15) is 4.79 Å². The van der Waals surface area contributed by atoms with Gasteiger partial charge in [-0.05, 0) is 49.2 Å². The molecule has 5 heteroatoms. The van der Waals surface area contributed by atoms with E-state index in [1.807, 2.05) is 47.4 Å². The van der Waals surface area contributed by atoms with Gasteiger partial charge in [-0.25, -0.2) is 0 Å². The molecule has 1 atom stereocenters. The number of rotatable bonds is 7. The molecular formula is C23H28N2O3. The molecule has 2 aliphatic rings. The van der Waals surface area contributed by atoms with Gasteiger partial charge in [-0.3, -0.25) is 9.69 Å². The Hall–Kier alpha value is -2.37. The minimum Gasteiger partial charge on any atom is -0.457 e. The number of amides is 1. The van der Waals surface area contributed by atoms with Gasteiger partial charge in [-0.1, -0.05) is 30.3 Å². The van der Waals surface area contributed by atoms with Gasteiger partial charge in [0, 0.05) is 33.3 Å². The molecule has 0 saturated carbocycles. The van der Waals surface area contributed by atoms with E-state index in [2.05, 4.69) is 17.0 Å². The summed E-state index contributed by atoms with van der Waals surface area (Å²) in [6.45, 7) is 4.83. The number of methoxy groups -OCH3 is 1. The summed E-state index contributed by atoms with van der Waals surface area (Å²) in [6, 6.07) is 18.1. The monoisotopic (exact) mass is 380 g/mol. The molecule has 148 valence electrons. The first kappa shape index (κ1) is 19.0. The van der Waals surface area contributed by atoms with E-state index in [-0.39, 0.29) is 5.41 Å². The average Bonchev–Trinajstić information content (AvgIpc) is 3.25. The summed E-state index contributed by atoms with van der Waals surface area (Å²) in [7, 11) is 1.68. The molecule has 5 nitrogen and oxygen atoms in total. The Balaban J connectivity index is 1.37. The number of carbonyl (C=O) groups is 1. The van der Waals surface area contributed by atoms with Crippen molar-refractivity contribution in [2.45, 2.75) is 19.4 Å². The number of hydrogen-bond acceptors (Lipinski definition) is 4. The SMILES string of the molecule is COCCN1CCC2(CCN(Cc3cccc(Oc4ccccc4)c3)C2)C1=O. The Morgan fingerprint density at radius 3 is 2.61 bits per heavy atom. The van der Waals surface area contributed by atoms with Crippen LogP contribution in [0.5, 0.6) is 11.5 Å². The lowest BCUT2D eigenvalue weighted by Crippen LogP contribution is -2.38. The van der Waals surface area contributed by atoms with Crippen molar-refractivity contribution in [3.8, 4) is 11.5 Å². The normalized spacial score (nSPS) is 22.3. The highest BCUT2D eigenvalue weighted by Gasteiger charge is 2.50. The maximum atomic E-state index is 12.9. The number of nitrogens with zero attached hydrogens (tertiary/aromatic N) is 2. The lowest BCUT2D eigenvalue weighted by Gasteiger charge is -2.23. The van der Waals surface area contributed by atoms with Gasteiger partial charge in [0.25, 0.3) is 0 Å². The van der Waals surface area contributed by atoms with E-state index in [1.165, 1.54) is 5.56 Å². The summed E-state index contributed by atoms with van der Waals surface area (Å²) in [5, 5.41) is 0. The molecule has 28 heavy (non-hydrogen) atoms. The van der Waals surface area contributed by atoms with Crippen LogP contribution in [0.15, 0.2) is 54.6 Å². The van der Waals surface area contributed by atoms with Crippen molar-refractivity contribution in [3.63, 3.8) is 0 Å². The van der Waals surface area contributed by atoms with Crippen LogP contribution in [-0.4, -0.2) is 55.6 Å². The van der Waals surface area contributed by atoms with Gasteiger partial charge in [0.1, 0.15) is 11.5 Å². The first-order valence-electron chi connectivity index (χ1n) is 10.0. The van der Waals surface area contributed by atoms with Crippen molar-refractivity contribution in [2.24, 2.45) is 5.41 Å². The van der Waals surface area contributed by atoms with Crippen molar-refractivity contribution < 1.29 is 14.3 Å². The maximum absolute atomic E-state index is 12.9. The number of ether oxygens (including phenoxy) is 2. The zero-order valence-corrected chi connectivity index (χ0v) is 16.5. The number of likely N-dealkylation sites (tertiary alicyclic amines) is 2. The van der Waals surface area contributed by atoms with E-state index in [1.54, 1.807) is 7.11 Å². The maximum Gasteiger partial charge on any atom is 0.230 e. The second-order valence-corrected chi connectivity index (χ2v) is 7.84. The summed E-state index contributed by atoms with van der Waals surface area (Å²) in [5.74, 6) is 2.00. The van der Waals surface area contributed by atoms with Crippen LogP contribution >= 0.6 is 0 Å². The molecule has 4 rings (SSSR count). The van der Waals surface area contributed by atoms with Gasteiger partial charge in [0.2, 0.25) is 5.91 Å². The van der Waals surface area contributed by atoms with Crippen molar-refractivity contribution in [3.05, 3.63) is 60.2 Å². The van der Waals surface area contributed by atoms with Gasteiger partial charge in [-0.2, -0.15) is 0 Å². The smallest absolute Gasteiger partial charge is 0.230 e. The topological polar surface area (TPSA) is 42.0 Å². The molecule has 2 saturated heterocycles. The largest absolute Gasteiger partial charge is 0.457 e. The molecule has 0 aromatic heterocycles. The van der Waals surface area contributed by atoms with E-state index >= 15 is 0 Å². The Morgan fingerprint density at radius 1 is 1.00 bits per heavy atom. The molecule has 0 N–H and O–H groups in total. The number of hydrogen-bond donors (Lipinski definition) is 0. The Labute approximate surface area is 166 Å². The van der Waals surface area contributed by atoms with Crippen LogP contribution in [0.1, 0.15) is 18.4 Å². The van der Waals surface area contributed by atoms with E-state index in [0.717, 1.165) is 50.5 Å². The lowest BCUT2D eigenvalue weighted by molar-refractivity contribution is -0.136. The van der Waals surface area contributed by atoms with Crippen molar-refractivity contribution in [1.29, 1.82) is 0 Å². The molecule has 0 bridgehead atoms. The van der Waals surface area contributed by atoms with Gasteiger partial charge in [0.15, 0.2) is 0 Å². The molecule has 2 aliphatic heterocycles. The molecule has 2 fully saturated rings. The number of para-hydroxylation sites is 1. The van der Waals surface area contributed by atoms with E-state index < -0.39 is 0 Å². The van der Waals surface area contributed by atoms with Crippen LogP contribution in [0, 0.1) is 5.41 Å². The van der Waals surface area contributed by atoms with Crippen LogP contribution in [0.4, 0.5) is 0 Å². The average molecular weight is 380 g/mol. The minimum atomic E-state index is -0.189. The predicted molar refractivity (Wildman–Crippen MR) is 108 cm³/mol. The molecule has 1 spiro atoms. The molecule has 2 aromatic carbocycles. The quantitative estimate of drug-likeness (QED) is 0.737. The van der Waals surface area contributed by atoms with Gasteiger partial charge in [-0.15, -0.1) is 0 Å². The van der Waals surface area contributed by atoms with Crippen LogP contribution in [0.25, 0.3) is 0 Å². The Morgan fingerprint density at radius 2 is 1.79 bits per heavy atom. The third kappa shape index (κ3) is 4.05. The Kier molecular flexibility index (Phi) is 5.64. The zero-order chi connectivity index (χ0) is 19.4. The summed E-state index contributed by atoms with van der Waals surface area (Å²) in [6.07, 6.45) is 1.92. The van der Waals surface area contributed by atoms with Crippen LogP contribution in [0.3, 0.4) is 0 Å². The second kappa shape index (κ2) is 8.33. The van der Waals surface area contributed by atoms with Gasteiger partial charge >= 0.3 is 0 Å². The van der Waals surface area contributed by atoms with E-state index in [4.69, 9.17) is 9.47 Å². The highest BCUT2D eigenvalue weighted by Crippen LogP contribution is 2.41. The van der Waals surface area contributed by atoms with E-state index in [0.29, 0.717) is 19.1 Å². The van der Waals surface area contributed by atoms with Crippen molar-refractivity contribution >= 4 is 5.91 Å². The fourth-order valence-corrected chi connectivity index (χ4v) is 4.37. The highest BCUT2D eigenvalue weighted by atomic mass is 16.5. The number of carbonyl (C=O) groups excluding carboxylic acids is 1. The third-order valence-electron chi connectivity index (χ3n) is 5.88. The predicted octanol–water partition coefficient (Wildman–Crippen LogP) is 3.55. The summed E-state index contributed by atoms with van der Waals surface area (Å²) in [5.41, 5.74) is 1.03. The fourth-order valence-electron chi connectivity index (χ4n) is 4.37. The fraction of sp³-hybridized carbons (Fsp3) is 0.435. The summed E-state index contributed by atoms with van der Waals surface area (Å²) < 4.78 is 11.1. The third-order valence-corrected chi connectivity index (χ3v) is 5.88. The van der Waals surface area contributed by atoms with Crippen LogP contribution < -0.4 is 4.74 Å². The van der Waals surface area contributed by atoms with Gasteiger partial charge < -0.3 is 14.4 Å². The molecule has 2 heterocycles. The first-order valence-corrected chi connectivity index (χ1v) is 10.0. The van der Waals surface area contributed by atoms with Crippen LogP contribution in [-0.2, 0) is 16.1 Å². The molecule has 2 aromatic rings. The standard InChI is InChI=1S/C23H28N2O3/c1-27-15-14-25-13-11-23(22(25)26)10-12-24(18-23)17-19-6-5-9-21(16-19)28-20-7-3-2-4-8-20/h2-9,16H,10-15,17-18H2,1H3. The summed E-state index contributed by atoms with van der Waals surface area (Å²) in [4.78, 5) is 17.3. The van der Waals surface area contributed by atoms with Crippen molar-refractivity contribution in [1.82, 2.24) is 9.80 Å².